The van der Waals surface area contributed by atoms with E-state index in [-0.39, 0.29) is 18.1 Å². The summed E-state index contributed by atoms with van der Waals surface area (Å²) in [4.78, 5) is 14.4. The largest absolute Gasteiger partial charge is 0.371 e. The van der Waals surface area contributed by atoms with Crippen molar-refractivity contribution in [3.8, 4) is 0 Å². The summed E-state index contributed by atoms with van der Waals surface area (Å²) in [7, 11) is 0. The molecule has 1 aromatic carbocycles. The molecule has 2 heterocycles. The molecule has 0 aliphatic carbocycles. The highest BCUT2D eigenvalue weighted by Crippen LogP contribution is 2.19. The van der Waals surface area contributed by atoms with Crippen LogP contribution in [0.15, 0.2) is 24.3 Å². The van der Waals surface area contributed by atoms with Crippen molar-refractivity contribution in [1.82, 2.24) is 4.90 Å². The molecular formula is C14H17NO3. The number of amides is 1. The predicted octanol–water partition coefficient (Wildman–Crippen LogP) is 1.23. The van der Waals surface area contributed by atoms with Crippen LogP contribution in [0.25, 0.3) is 0 Å². The van der Waals surface area contributed by atoms with Crippen LogP contribution in [0, 0.1) is 6.92 Å². The SMILES string of the molecule is Cc1ccccc1C(=O)N(CC1CO1)CC1CO1. The number of ether oxygens (including phenoxy) is 2. The van der Waals surface area contributed by atoms with E-state index >= 15 is 0 Å². The number of benzene rings is 1. The van der Waals surface area contributed by atoms with Gasteiger partial charge in [-0.05, 0) is 18.6 Å². The van der Waals surface area contributed by atoms with Gasteiger partial charge >= 0.3 is 0 Å². The number of nitrogens with zero attached hydrogens (tertiary/aromatic N) is 1. The second kappa shape index (κ2) is 4.71. The summed E-state index contributed by atoms with van der Waals surface area (Å²) in [6.07, 6.45) is 0.438. The summed E-state index contributed by atoms with van der Waals surface area (Å²) in [5, 5.41) is 0. The molecule has 2 fully saturated rings. The first-order valence-corrected chi connectivity index (χ1v) is 6.32. The predicted molar refractivity (Wildman–Crippen MR) is 66.6 cm³/mol. The monoisotopic (exact) mass is 247 g/mol. The highest BCUT2D eigenvalue weighted by Gasteiger charge is 2.33. The van der Waals surface area contributed by atoms with E-state index in [4.69, 9.17) is 9.47 Å². The van der Waals surface area contributed by atoms with E-state index in [0.717, 1.165) is 24.3 Å². The Morgan fingerprint density at radius 1 is 1.22 bits per heavy atom. The summed E-state index contributed by atoms with van der Waals surface area (Å²) in [6.45, 7) is 4.85. The van der Waals surface area contributed by atoms with E-state index < -0.39 is 0 Å². The van der Waals surface area contributed by atoms with Gasteiger partial charge in [-0.3, -0.25) is 4.79 Å². The fraction of sp³-hybridized carbons (Fsp3) is 0.500. The van der Waals surface area contributed by atoms with E-state index in [2.05, 4.69) is 0 Å². The Bertz CT molecular complexity index is 438. The molecule has 0 spiro atoms. The molecule has 0 N–H and O–H groups in total. The van der Waals surface area contributed by atoms with Crippen LogP contribution in [-0.2, 0) is 9.47 Å². The third kappa shape index (κ3) is 2.71. The van der Waals surface area contributed by atoms with Crippen LogP contribution >= 0.6 is 0 Å². The Kier molecular flexibility index (Phi) is 3.06. The smallest absolute Gasteiger partial charge is 0.254 e. The number of hydrogen-bond acceptors (Lipinski definition) is 3. The van der Waals surface area contributed by atoms with Crippen LogP contribution in [0.4, 0.5) is 0 Å². The second-order valence-electron chi connectivity index (χ2n) is 4.94. The van der Waals surface area contributed by atoms with Crippen molar-refractivity contribution in [2.45, 2.75) is 19.1 Å². The number of carbonyl (C=O) groups excluding carboxylic acids is 1. The summed E-state index contributed by atoms with van der Waals surface area (Å²) in [5.74, 6) is 0.0825. The maximum absolute atomic E-state index is 12.5. The van der Waals surface area contributed by atoms with Crippen LogP contribution in [0.5, 0.6) is 0 Å². The molecule has 4 nitrogen and oxygen atoms in total. The maximum Gasteiger partial charge on any atom is 0.254 e. The molecule has 3 rings (SSSR count). The first-order chi connectivity index (χ1) is 8.74. The molecule has 1 amide bonds. The van der Waals surface area contributed by atoms with Crippen LogP contribution in [0.1, 0.15) is 15.9 Å². The van der Waals surface area contributed by atoms with Crippen molar-refractivity contribution in [2.24, 2.45) is 0 Å². The highest BCUT2D eigenvalue weighted by molar-refractivity contribution is 5.95. The van der Waals surface area contributed by atoms with Crippen molar-refractivity contribution in [1.29, 1.82) is 0 Å². The third-order valence-corrected chi connectivity index (χ3v) is 3.32. The van der Waals surface area contributed by atoms with Crippen molar-refractivity contribution >= 4 is 5.91 Å². The molecule has 4 heteroatoms. The van der Waals surface area contributed by atoms with Crippen LogP contribution in [-0.4, -0.2) is 49.3 Å². The average molecular weight is 247 g/mol. The van der Waals surface area contributed by atoms with Gasteiger partial charge < -0.3 is 14.4 Å². The Morgan fingerprint density at radius 3 is 2.28 bits per heavy atom. The van der Waals surface area contributed by atoms with Gasteiger partial charge in [0.2, 0.25) is 0 Å². The van der Waals surface area contributed by atoms with Gasteiger partial charge in [0.25, 0.3) is 5.91 Å². The van der Waals surface area contributed by atoms with Crippen LogP contribution < -0.4 is 0 Å². The summed E-state index contributed by atoms with van der Waals surface area (Å²) in [6, 6.07) is 7.70. The highest BCUT2D eigenvalue weighted by atomic mass is 16.6. The molecule has 0 bridgehead atoms. The van der Waals surface area contributed by atoms with E-state index in [9.17, 15) is 4.79 Å². The van der Waals surface area contributed by atoms with Crippen molar-refractivity contribution < 1.29 is 14.3 Å². The van der Waals surface area contributed by atoms with Gasteiger partial charge in [0.1, 0.15) is 0 Å². The van der Waals surface area contributed by atoms with Crippen LogP contribution in [0.2, 0.25) is 0 Å². The maximum atomic E-state index is 12.5. The van der Waals surface area contributed by atoms with E-state index in [0.29, 0.717) is 13.1 Å². The van der Waals surface area contributed by atoms with Crippen molar-refractivity contribution in [3.05, 3.63) is 35.4 Å². The Morgan fingerprint density at radius 2 is 1.78 bits per heavy atom. The number of aryl methyl sites for hydroxylation is 1. The lowest BCUT2D eigenvalue weighted by Crippen LogP contribution is -2.37. The minimum absolute atomic E-state index is 0.0825. The lowest BCUT2D eigenvalue weighted by atomic mass is 10.1. The molecule has 0 radical (unpaired) electrons. The molecule has 2 aliphatic heterocycles. The van der Waals surface area contributed by atoms with Gasteiger partial charge in [-0.1, -0.05) is 18.2 Å². The fourth-order valence-corrected chi connectivity index (χ4v) is 2.06. The van der Waals surface area contributed by atoms with Gasteiger partial charge in [-0.25, -0.2) is 0 Å². The average Bonchev–Trinajstić information content (AvgIpc) is 3.23. The van der Waals surface area contributed by atoms with Crippen molar-refractivity contribution in [2.75, 3.05) is 26.3 Å². The number of hydrogen-bond donors (Lipinski definition) is 0. The number of rotatable bonds is 5. The molecule has 2 atom stereocenters. The fourth-order valence-electron chi connectivity index (χ4n) is 2.06. The molecule has 2 aliphatic rings. The number of epoxide rings is 2. The normalized spacial score (nSPS) is 24.7. The minimum Gasteiger partial charge on any atom is -0.371 e. The molecule has 96 valence electrons. The topological polar surface area (TPSA) is 45.4 Å². The van der Waals surface area contributed by atoms with Gasteiger partial charge in [0, 0.05) is 18.7 Å². The summed E-state index contributed by atoms with van der Waals surface area (Å²) >= 11 is 0. The van der Waals surface area contributed by atoms with E-state index in [1.807, 2.05) is 36.1 Å². The third-order valence-electron chi connectivity index (χ3n) is 3.32. The molecule has 18 heavy (non-hydrogen) atoms. The van der Waals surface area contributed by atoms with Crippen LogP contribution in [0.3, 0.4) is 0 Å². The lowest BCUT2D eigenvalue weighted by Gasteiger charge is -2.21. The molecule has 2 saturated heterocycles. The standard InChI is InChI=1S/C14H17NO3/c1-10-4-2-3-5-13(10)14(16)15(6-11-8-17-11)7-12-9-18-12/h2-5,11-12H,6-9H2,1H3. The van der Waals surface area contributed by atoms with Gasteiger partial charge in [-0.15, -0.1) is 0 Å². The van der Waals surface area contributed by atoms with Gasteiger partial charge in [0.15, 0.2) is 0 Å². The summed E-state index contributed by atoms with van der Waals surface area (Å²) < 4.78 is 10.4. The first-order valence-electron chi connectivity index (χ1n) is 6.32. The molecule has 0 saturated carbocycles. The number of carbonyl (C=O) groups is 1. The Labute approximate surface area is 106 Å². The zero-order valence-corrected chi connectivity index (χ0v) is 10.5. The minimum atomic E-state index is 0.0825. The molecule has 2 unspecified atom stereocenters. The van der Waals surface area contributed by atoms with E-state index in [1.54, 1.807) is 0 Å². The zero-order valence-electron chi connectivity index (χ0n) is 10.5. The Hall–Kier alpha value is -1.39. The first kappa shape index (κ1) is 11.7. The Balaban J connectivity index is 1.75. The van der Waals surface area contributed by atoms with Gasteiger partial charge in [-0.2, -0.15) is 0 Å². The molecule has 0 aromatic heterocycles. The summed E-state index contributed by atoms with van der Waals surface area (Å²) in [5.41, 5.74) is 1.79. The van der Waals surface area contributed by atoms with Crippen molar-refractivity contribution in [3.63, 3.8) is 0 Å². The lowest BCUT2D eigenvalue weighted by molar-refractivity contribution is 0.0728. The molecular weight excluding hydrogens is 230 g/mol. The molecule has 1 aromatic rings. The zero-order chi connectivity index (χ0) is 12.5. The second-order valence-corrected chi connectivity index (χ2v) is 4.94. The van der Waals surface area contributed by atoms with E-state index in [1.165, 1.54) is 0 Å². The quantitative estimate of drug-likeness (QED) is 0.735. The van der Waals surface area contributed by atoms with Gasteiger partial charge in [0.05, 0.1) is 25.4 Å².